The molecule has 1 aliphatic heterocycles. The molecule has 0 saturated carbocycles. The SMILES string of the molecule is O=C(C=Cc1ccc(F)cc1C(F)(F)F)N1CCOC(COc2cncc(Cl)c2)C1. The predicted molar refractivity (Wildman–Crippen MR) is 101 cm³/mol. The van der Waals surface area contributed by atoms with E-state index in [1.165, 1.54) is 17.3 Å². The maximum absolute atomic E-state index is 13.2. The van der Waals surface area contributed by atoms with E-state index in [0.29, 0.717) is 16.8 Å². The summed E-state index contributed by atoms with van der Waals surface area (Å²) in [7, 11) is 0. The van der Waals surface area contributed by atoms with Gasteiger partial charge in [0.05, 0.1) is 29.9 Å². The number of ether oxygens (including phenoxy) is 2. The van der Waals surface area contributed by atoms with Gasteiger partial charge in [0.15, 0.2) is 0 Å². The zero-order valence-electron chi connectivity index (χ0n) is 15.5. The second-order valence-corrected chi connectivity index (χ2v) is 6.93. The molecule has 10 heteroatoms. The van der Waals surface area contributed by atoms with Crippen molar-refractivity contribution < 1.29 is 31.8 Å². The molecule has 2 aromatic rings. The van der Waals surface area contributed by atoms with E-state index in [1.807, 2.05) is 0 Å². The molecule has 2 heterocycles. The highest BCUT2D eigenvalue weighted by Gasteiger charge is 2.33. The summed E-state index contributed by atoms with van der Waals surface area (Å²) in [4.78, 5) is 17.8. The average Bonchev–Trinajstić information content (AvgIpc) is 2.71. The van der Waals surface area contributed by atoms with Crippen LogP contribution >= 0.6 is 11.6 Å². The zero-order chi connectivity index (χ0) is 21.7. The van der Waals surface area contributed by atoms with Gasteiger partial charge in [-0.3, -0.25) is 9.78 Å². The van der Waals surface area contributed by atoms with Crippen molar-refractivity contribution in [2.45, 2.75) is 12.3 Å². The lowest BCUT2D eigenvalue weighted by Gasteiger charge is -2.32. The first-order valence-corrected chi connectivity index (χ1v) is 9.29. The molecular formula is C20H17ClF4N2O3. The first kappa shape index (κ1) is 22.0. The molecule has 1 unspecified atom stereocenters. The van der Waals surface area contributed by atoms with Gasteiger partial charge in [-0.05, 0) is 23.8 Å². The topological polar surface area (TPSA) is 51.7 Å². The third-order valence-corrected chi connectivity index (χ3v) is 4.50. The molecule has 30 heavy (non-hydrogen) atoms. The maximum atomic E-state index is 13.2. The molecule has 1 saturated heterocycles. The van der Waals surface area contributed by atoms with Crippen LogP contribution in [0.15, 0.2) is 42.7 Å². The quantitative estimate of drug-likeness (QED) is 0.512. The number of pyridine rings is 1. The fourth-order valence-electron chi connectivity index (χ4n) is 2.87. The van der Waals surface area contributed by atoms with Gasteiger partial charge in [0, 0.05) is 24.9 Å². The third kappa shape index (κ3) is 5.93. The summed E-state index contributed by atoms with van der Waals surface area (Å²) in [5.74, 6) is -1.03. The van der Waals surface area contributed by atoms with E-state index in [4.69, 9.17) is 21.1 Å². The minimum absolute atomic E-state index is 0.145. The molecule has 1 amide bonds. The molecular weight excluding hydrogens is 428 g/mol. The molecule has 1 fully saturated rings. The van der Waals surface area contributed by atoms with Crippen LogP contribution in [-0.2, 0) is 15.7 Å². The molecule has 0 aliphatic carbocycles. The monoisotopic (exact) mass is 444 g/mol. The molecule has 0 bridgehead atoms. The molecule has 1 aromatic heterocycles. The minimum Gasteiger partial charge on any atom is -0.489 e. The van der Waals surface area contributed by atoms with Crippen molar-refractivity contribution in [1.29, 1.82) is 0 Å². The van der Waals surface area contributed by atoms with Crippen molar-refractivity contribution in [2.75, 3.05) is 26.3 Å². The van der Waals surface area contributed by atoms with Crippen LogP contribution in [-0.4, -0.2) is 48.2 Å². The number of hydrogen-bond acceptors (Lipinski definition) is 4. The summed E-state index contributed by atoms with van der Waals surface area (Å²) in [5.41, 5.74) is -1.44. The van der Waals surface area contributed by atoms with E-state index >= 15 is 0 Å². The van der Waals surface area contributed by atoms with Gasteiger partial charge in [0.1, 0.15) is 24.3 Å². The molecule has 0 N–H and O–H groups in total. The Hall–Kier alpha value is -2.65. The Morgan fingerprint density at radius 2 is 2.13 bits per heavy atom. The van der Waals surface area contributed by atoms with Crippen molar-refractivity contribution in [3.8, 4) is 5.75 Å². The summed E-state index contributed by atoms with van der Waals surface area (Å²) < 4.78 is 63.5. The van der Waals surface area contributed by atoms with Crippen LogP contribution in [0.5, 0.6) is 5.75 Å². The average molecular weight is 445 g/mol. The minimum atomic E-state index is -4.73. The smallest absolute Gasteiger partial charge is 0.417 e. The third-order valence-electron chi connectivity index (χ3n) is 4.29. The van der Waals surface area contributed by atoms with Crippen LogP contribution < -0.4 is 4.74 Å². The lowest BCUT2D eigenvalue weighted by molar-refractivity contribution is -0.138. The first-order valence-electron chi connectivity index (χ1n) is 8.91. The lowest BCUT2D eigenvalue weighted by Crippen LogP contribution is -2.47. The van der Waals surface area contributed by atoms with Gasteiger partial charge in [-0.2, -0.15) is 13.2 Å². The fourth-order valence-corrected chi connectivity index (χ4v) is 3.03. The molecule has 0 spiro atoms. The number of nitrogens with zero attached hydrogens (tertiary/aromatic N) is 2. The van der Waals surface area contributed by atoms with Gasteiger partial charge in [-0.1, -0.05) is 17.7 Å². The lowest BCUT2D eigenvalue weighted by atomic mass is 10.1. The highest BCUT2D eigenvalue weighted by Crippen LogP contribution is 2.33. The normalized spacial score (nSPS) is 17.4. The summed E-state index contributed by atoms with van der Waals surface area (Å²) in [6, 6.07) is 3.88. The van der Waals surface area contributed by atoms with Crippen molar-refractivity contribution >= 4 is 23.6 Å². The Labute approximate surface area is 174 Å². The van der Waals surface area contributed by atoms with E-state index in [2.05, 4.69) is 4.98 Å². The first-order chi connectivity index (χ1) is 14.2. The van der Waals surface area contributed by atoms with Gasteiger partial charge >= 0.3 is 6.18 Å². The molecule has 1 aliphatic rings. The largest absolute Gasteiger partial charge is 0.489 e. The second-order valence-electron chi connectivity index (χ2n) is 6.49. The number of aromatic nitrogens is 1. The van der Waals surface area contributed by atoms with E-state index in [1.54, 1.807) is 6.07 Å². The molecule has 3 rings (SSSR count). The van der Waals surface area contributed by atoms with Crippen molar-refractivity contribution in [2.24, 2.45) is 0 Å². The molecule has 5 nitrogen and oxygen atoms in total. The van der Waals surface area contributed by atoms with Gasteiger partial charge in [-0.15, -0.1) is 0 Å². The van der Waals surface area contributed by atoms with E-state index in [0.717, 1.165) is 24.3 Å². The summed E-state index contributed by atoms with van der Waals surface area (Å²) in [6.07, 6.45) is -0.145. The summed E-state index contributed by atoms with van der Waals surface area (Å²) >= 11 is 5.84. The van der Waals surface area contributed by atoms with Crippen LogP contribution in [0.2, 0.25) is 5.02 Å². The van der Waals surface area contributed by atoms with Crippen molar-refractivity contribution in [1.82, 2.24) is 9.88 Å². The Bertz CT molecular complexity index is 937. The standard InChI is InChI=1S/C20H17ClF4N2O3/c21-14-7-16(10-26-9-14)30-12-17-11-27(5-6-29-17)19(28)4-2-13-1-3-15(22)8-18(13)20(23,24)25/h1-4,7-10,17H,5-6,11-12H2. The Kier molecular flexibility index (Phi) is 6.94. The molecule has 1 aromatic carbocycles. The van der Waals surface area contributed by atoms with Crippen LogP contribution in [0.4, 0.5) is 17.6 Å². The number of halogens is 5. The fraction of sp³-hybridized carbons (Fsp3) is 0.300. The van der Waals surface area contributed by atoms with E-state index in [-0.39, 0.29) is 31.9 Å². The van der Waals surface area contributed by atoms with Gasteiger partial charge < -0.3 is 14.4 Å². The highest BCUT2D eigenvalue weighted by atomic mass is 35.5. The van der Waals surface area contributed by atoms with Crippen LogP contribution in [0, 0.1) is 5.82 Å². The Morgan fingerprint density at radius 3 is 2.87 bits per heavy atom. The molecule has 1 atom stereocenters. The number of rotatable bonds is 5. The predicted octanol–water partition coefficient (Wildman–Crippen LogP) is 4.21. The van der Waals surface area contributed by atoms with Crippen LogP contribution in [0.3, 0.4) is 0 Å². The van der Waals surface area contributed by atoms with Crippen molar-refractivity contribution in [3.63, 3.8) is 0 Å². The van der Waals surface area contributed by atoms with Gasteiger partial charge in [0.2, 0.25) is 5.91 Å². The number of morpholine rings is 1. The van der Waals surface area contributed by atoms with Gasteiger partial charge in [-0.25, -0.2) is 4.39 Å². The number of carbonyl (C=O) groups is 1. The second kappa shape index (κ2) is 9.44. The number of carbonyl (C=O) groups excluding carboxylic acids is 1. The summed E-state index contributed by atoms with van der Waals surface area (Å²) in [5, 5.41) is 0.415. The Balaban J connectivity index is 1.62. The van der Waals surface area contributed by atoms with Crippen LogP contribution in [0.1, 0.15) is 11.1 Å². The number of alkyl halides is 3. The van der Waals surface area contributed by atoms with Gasteiger partial charge in [0.25, 0.3) is 0 Å². The highest BCUT2D eigenvalue weighted by molar-refractivity contribution is 6.30. The molecule has 0 radical (unpaired) electrons. The molecule has 160 valence electrons. The van der Waals surface area contributed by atoms with E-state index < -0.39 is 29.6 Å². The Morgan fingerprint density at radius 1 is 1.33 bits per heavy atom. The zero-order valence-corrected chi connectivity index (χ0v) is 16.3. The van der Waals surface area contributed by atoms with E-state index in [9.17, 15) is 22.4 Å². The number of amides is 1. The maximum Gasteiger partial charge on any atom is 0.417 e. The number of benzene rings is 1. The summed E-state index contributed by atoms with van der Waals surface area (Å²) in [6.45, 7) is 0.887. The number of hydrogen-bond donors (Lipinski definition) is 0. The van der Waals surface area contributed by atoms with Crippen molar-refractivity contribution in [3.05, 3.63) is 64.7 Å². The van der Waals surface area contributed by atoms with Crippen LogP contribution in [0.25, 0.3) is 6.08 Å².